The van der Waals surface area contributed by atoms with Gasteiger partial charge in [-0.25, -0.2) is 14.2 Å². The lowest BCUT2D eigenvalue weighted by Crippen LogP contribution is -2.35. The Morgan fingerprint density at radius 1 is 1.15 bits per heavy atom. The fourth-order valence-corrected chi connectivity index (χ4v) is 4.91. The molecule has 0 radical (unpaired) electrons. The van der Waals surface area contributed by atoms with E-state index in [1.54, 1.807) is 17.2 Å². The molecule has 1 fully saturated rings. The lowest BCUT2D eigenvalue weighted by atomic mass is 9.95. The molecule has 1 saturated heterocycles. The predicted molar refractivity (Wildman–Crippen MR) is 121 cm³/mol. The van der Waals surface area contributed by atoms with Crippen LogP contribution >= 0.6 is 0 Å². The van der Waals surface area contributed by atoms with Crippen LogP contribution in [0.2, 0.25) is 0 Å². The van der Waals surface area contributed by atoms with Crippen LogP contribution in [0.25, 0.3) is 5.69 Å². The van der Waals surface area contributed by atoms with E-state index >= 15 is 0 Å². The first kappa shape index (κ1) is 21.4. The molecule has 2 aliphatic rings. The number of halogens is 1. The molecule has 3 aromatic rings. The summed E-state index contributed by atoms with van der Waals surface area (Å²) in [4.78, 5) is 20.4. The van der Waals surface area contributed by atoms with Gasteiger partial charge in [0.15, 0.2) is 17.5 Å². The number of ether oxygens (including phenoxy) is 1. The quantitative estimate of drug-likeness (QED) is 0.584. The third kappa shape index (κ3) is 3.71. The number of rotatable bonds is 2. The van der Waals surface area contributed by atoms with E-state index in [9.17, 15) is 9.18 Å². The number of methoxy groups -OCH3 is 1. The van der Waals surface area contributed by atoms with Crippen LogP contribution in [0.5, 0.6) is 0 Å². The van der Waals surface area contributed by atoms with Gasteiger partial charge in [-0.3, -0.25) is 9.47 Å². The lowest BCUT2D eigenvalue weighted by Gasteiger charge is -2.32. The molecule has 2 aromatic heterocycles. The number of aryl methyl sites for hydroxylation is 1. The molecule has 8 nitrogen and oxygen atoms in total. The summed E-state index contributed by atoms with van der Waals surface area (Å²) in [6.07, 6.45) is 2.85. The van der Waals surface area contributed by atoms with E-state index in [4.69, 9.17) is 4.74 Å². The van der Waals surface area contributed by atoms with Crippen molar-refractivity contribution in [1.82, 2.24) is 24.6 Å². The fraction of sp³-hybridized carbons (Fsp3) is 0.417. The van der Waals surface area contributed by atoms with Crippen LogP contribution in [-0.4, -0.2) is 50.9 Å². The van der Waals surface area contributed by atoms with Crippen molar-refractivity contribution in [1.29, 1.82) is 0 Å². The topological polar surface area (TPSA) is 76.4 Å². The predicted octanol–water partition coefficient (Wildman–Crippen LogP) is 4.14. The maximum atomic E-state index is 14.2. The highest BCUT2D eigenvalue weighted by molar-refractivity contribution is 5.69. The molecule has 1 atom stereocenters. The van der Waals surface area contributed by atoms with Crippen LogP contribution in [0.4, 0.5) is 15.0 Å². The van der Waals surface area contributed by atoms with Gasteiger partial charge < -0.3 is 9.64 Å². The number of amides is 1. The van der Waals surface area contributed by atoms with Crippen molar-refractivity contribution in [3.8, 4) is 5.69 Å². The number of hydrogen-bond donors (Lipinski definition) is 0. The van der Waals surface area contributed by atoms with Gasteiger partial charge in [0.1, 0.15) is 5.82 Å². The summed E-state index contributed by atoms with van der Waals surface area (Å²) in [5.74, 6) is 1.87. The molecule has 0 N–H and O–H groups in total. The molecule has 9 heteroatoms. The standard InChI is InChI=1S/C24H27FN6O2/c1-15-6-7-20-18(13-15)14-30(24(32)33-3)16(2)21-27-28-22(31(20)21)17-8-11-29(12-9-17)23-19(25)5-4-10-26-23/h4-7,10,13,16-17H,8-9,11-12,14H2,1-3H3. The van der Waals surface area contributed by atoms with E-state index in [0.717, 1.165) is 41.3 Å². The minimum atomic E-state index is -0.390. The van der Waals surface area contributed by atoms with Crippen molar-refractivity contribution >= 4 is 11.9 Å². The Kier molecular flexibility index (Phi) is 5.47. The fourth-order valence-electron chi connectivity index (χ4n) is 4.91. The average molecular weight is 451 g/mol. The zero-order valence-corrected chi connectivity index (χ0v) is 19.0. The van der Waals surface area contributed by atoms with Crippen molar-refractivity contribution in [2.24, 2.45) is 0 Å². The van der Waals surface area contributed by atoms with E-state index in [1.807, 2.05) is 18.7 Å². The number of piperidine rings is 1. The Bertz CT molecular complexity index is 1190. The maximum Gasteiger partial charge on any atom is 0.410 e. The normalized spacial score (nSPS) is 18.5. The van der Waals surface area contributed by atoms with E-state index in [2.05, 4.69) is 37.9 Å². The lowest BCUT2D eigenvalue weighted by molar-refractivity contribution is 0.103. The molecule has 1 unspecified atom stereocenters. The molecule has 172 valence electrons. The second-order valence-electron chi connectivity index (χ2n) is 8.73. The van der Waals surface area contributed by atoms with E-state index in [0.29, 0.717) is 25.5 Å². The van der Waals surface area contributed by atoms with Gasteiger partial charge >= 0.3 is 6.09 Å². The van der Waals surface area contributed by atoms with Crippen LogP contribution in [-0.2, 0) is 11.3 Å². The molecule has 5 rings (SSSR count). The van der Waals surface area contributed by atoms with Gasteiger partial charge in [-0.1, -0.05) is 17.7 Å². The molecule has 1 amide bonds. The number of pyridine rings is 1. The minimum Gasteiger partial charge on any atom is -0.453 e. The Balaban J connectivity index is 1.50. The number of aromatic nitrogens is 4. The van der Waals surface area contributed by atoms with Crippen LogP contribution < -0.4 is 4.90 Å². The zero-order valence-electron chi connectivity index (χ0n) is 19.0. The van der Waals surface area contributed by atoms with E-state index in [1.165, 1.54) is 13.2 Å². The Hall–Kier alpha value is -3.49. The number of carbonyl (C=O) groups is 1. The van der Waals surface area contributed by atoms with Gasteiger partial charge in [-0.2, -0.15) is 0 Å². The van der Waals surface area contributed by atoms with Gasteiger partial charge in [0.2, 0.25) is 0 Å². The summed E-state index contributed by atoms with van der Waals surface area (Å²) in [5, 5.41) is 9.13. The van der Waals surface area contributed by atoms with Gasteiger partial charge in [-0.05, 0) is 50.5 Å². The molecular weight excluding hydrogens is 423 g/mol. The number of hydrogen-bond acceptors (Lipinski definition) is 6. The average Bonchev–Trinajstić information content (AvgIpc) is 3.22. The van der Waals surface area contributed by atoms with Crippen LogP contribution in [0.3, 0.4) is 0 Å². The first-order chi connectivity index (χ1) is 16.0. The third-order valence-corrected chi connectivity index (χ3v) is 6.68. The summed E-state index contributed by atoms with van der Waals surface area (Å²) >= 11 is 0. The monoisotopic (exact) mass is 450 g/mol. The summed E-state index contributed by atoms with van der Waals surface area (Å²) < 4.78 is 21.4. The third-order valence-electron chi connectivity index (χ3n) is 6.68. The molecule has 4 heterocycles. The molecule has 0 spiro atoms. The second-order valence-corrected chi connectivity index (χ2v) is 8.73. The highest BCUT2D eigenvalue weighted by Gasteiger charge is 2.35. The van der Waals surface area contributed by atoms with Gasteiger partial charge in [0, 0.05) is 25.2 Å². The summed E-state index contributed by atoms with van der Waals surface area (Å²) in [6, 6.07) is 9.00. The number of anilines is 1. The summed E-state index contributed by atoms with van der Waals surface area (Å²) in [6.45, 7) is 5.80. The van der Waals surface area contributed by atoms with Gasteiger partial charge in [0.25, 0.3) is 0 Å². The molecule has 1 aromatic carbocycles. The zero-order chi connectivity index (χ0) is 23.1. The highest BCUT2D eigenvalue weighted by atomic mass is 19.1. The Morgan fingerprint density at radius 2 is 1.91 bits per heavy atom. The Morgan fingerprint density at radius 3 is 2.64 bits per heavy atom. The van der Waals surface area contributed by atoms with Crippen LogP contribution in [0.15, 0.2) is 36.5 Å². The van der Waals surface area contributed by atoms with E-state index in [-0.39, 0.29) is 17.8 Å². The Labute approximate surface area is 192 Å². The number of benzene rings is 1. The van der Waals surface area contributed by atoms with Crippen molar-refractivity contribution in [2.75, 3.05) is 25.1 Å². The number of fused-ring (bicyclic) bond motifs is 3. The molecule has 33 heavy (non-hydrogen) atoms. The van der Waals surface area contributed by atoms with Crippen molar-refractivity contribution in [3.63, 3.8) is 0 Å². The van der Waals surface area contributed by atoms with Crippen LogP contribution in [0.1, 0.15) is 54.5 Å². The second kappa shape index (κ2) is 8.46. The number of carbonyl (C=O) groups excluding carboxylic acids is 1. The molecule has 2 aliphatic heterocycles. The molecule has 0 aliphatic carbocycles. The summed E-state index contributed by atoms with van der Waals surface area (Å²) in [7, 11) is 1.39. The summed E-state index contributed by atoms with van der Waals surface area (Å²) in [5.41, 5.74) is 3.14. The van der Waals surface area contributed by atoms with Crippen molar-refractivity contribution in [2.45, 2.75) is 45.2 Å². The van der Waals surface area contributed by atoms with Gasteiger partial charge in [0.05, 0.1) is 25.4 Å². The minimum absolute atomic E-state index is 0.167. The van der Waals surface area contributed by atoms with Crippen molar-refractivity contribution < 1.29 is 13.9 Å². The molecule has 0 saturated carbocycles. The van der Waals surface area contributed by atoms with Crippen molar-refractivity contribution in [3.05, 3.63) is 65.1 Å². The first-order valence-corrected chi connectivity index (χ1v) is 11.2. The maximum absolute atomic E-state index is 14.2. The molecule has 0 bridgehead atoms. The largest absolute Gasteiger partial charge is 0.453 e. The molecular formula is C24H27FN6O2. The highest BCUT2D eigenvalue weighted by Crippen LogP contribution is 2.37. The SMILES string of the molecule is COC(=O)N1Cc2cc(C)ccc2-n2c(C3CCN(c4ncccc4F)CC3)nnc2C1C. The van der Waals surface area contributed by atoms with Gasteiger partial charge in [-0.15, -0.1) is 10.2 Å². The smallest absolute Gasteiger partial charge is 0.410 e. The van der Waals surface area contributed by atoms with E-state index < -0.39 is 6.09 Å². The first-order valence-electron chi connectivity index (χ1n) is 11.2. The van der Waals surface area contributed by atoms with Crippen LogP contribution in [0, 0.1) is 12.7 Å². The number of nitrogens with zero attached hydrogens (tertiary/aromatic N) is 6.